The lowest BCUT2D eigenvalue weighted by Gasteiger charge is -2.01. The molecule has 0 aliphatic heterocycles. The zero-order valence-electron chi connectivity index (χ0n) is 13.2. The van der Waals surface area contributed by atoms with Gasteiger partial charge in [-0.3, -0.25) is 14.9 Å². The van der Waals surface area contributed by atoms with Crippen LogP contribution in [0.3, 0.4) is 0 Å². The van der Waals surface area contributed by atoms with Crippen molar-refractivity contribution in [1.82, 2.24) is 20.3 Å². The number of aromatic nitrogens is 3. The van der Waals surface area contributed by atoms with Crippen LogP contribution >= 0.6 is 11.3 Å². The molecule has 2 amide bonds. The van der Waals surface area contributed by atoms with Crippen molar-refractivity contribution in [3.8, 4) is 12.1 Å². The van der Waals surface area contributed by atoms with Crippen molar-refractivity contribution < 1.29 is 9.59 Å². The van der Waals surface area contributed by atoms with Crippen molar-refractivity contribution >= 4 is 28.3 Å². The Hall–Kier alpha value is -3.89. The number of rotatable bonds is 5. The van der Waals surface area contributed by atoms with Crippen LogP contribution in [0, 0.1) is 22.7 Å². The quantitative estimate of drug-likeness (QED) is 0.543. The molecule has 4 N–H and O–H groups in total. The van der Waals surface area contributed by atoms with Gasteiger partial charge in [-0.1, -0.05) is 0 Å². The average molecular weight is 365 g/mol. The Kier molecular flexibility index (Phi) is 4.78. The second kappa shape index (κ2) is 7.34. The highest BCUT2D eigenvalue weighted by Crippen LogP contribution is 2.16. The predicted molar refractivity (Wildman–Crippen MR) is 92.3 cm³/mol. The molecule has 9 nitrogen and oxygen atoms in total. The molecule has 26 heavy (non-hydrogen) atoms. The summed E-state index contributed by atoms with van der Waals surface area (Å²) in [5, 5.41) is 24.9. The zero-order valence-corrected chi connectivity index (χ0v) is 14.0. The van der Waals surface area contributed by atoms with Crippen LogP contribution in [0.2, 0.25) is 0 Å². The van der Waals surface area contributed by atoms with Crippen molar-refractivity contribution in [3.63, 3.8) is 0 Å². The number of aromatic amines is 2. The van der Waals surface area contributed by atoms with E-state index < -0.39 is 5.91 Å². The van der Waals surface area contributed by atoms with E-state index in [1.54, 1.807) is 5.38 Å². The van der Waals surface area contributed by atoms with Gasteiger partial charge < -0.3 is 15.3 Å². The molecule has 0 bridgehead atoms. The van der Waals surface area contributed by atoms with E-state index in [-0.39, 0.29) is 23.8 Å². The Morgan fingerprint density at radius 3 is 2.23 bits per heavy atom. The lowest BCUT2D eigenvalue weighted by atomic mass is 10.4. The summed E-state index contributed by atoms with van der Waals surface area (Å²) in [7, 11) is 0. The van der Waals surface area contributed by atoms with Crippen molar-refractivity contribution in [2.75, 3.05) is 5.32 Å². The van der Waals surface area contributed by atoms with Gasteiger partial charge in [0, 0.05) is 5.38 Å². The number of H-pyrrole nitrogens is 2. The molecule has 0 aliphatic rings. The first-order valence-corrected chi connectivity index (χ1v) is 8.19. The topological polar surface area (TPSA) is 150 Å². The van der Waals surface area contributed by atoms with E-state index in [1.807, 2.05) is 12.1 Å². The highest BCUT2D eigenvalue weighted by atomic mass is 32.1. The Morgan fingerprint density at radius 2 is 1.65 bits per heavy atom. The second-order valence-electron chi connectivity index (χ2n) is 5.08. The third-order valence-corrected chi connectivity index (χ3v) is 4.11. The normalized spacial score (nSPS) is 9.92. The molecule has 3 aromatic rings. The molecule has 0 aliphatic carbocycles. The second-order valence-corrected chi connectivity index (χ2v) is 5.93. The summed E-state index contributed by atoms with van der Waals surface area (Å²) in [5.74, 6) is -0.771. The highest BCUT2D eigenvalue weighted by Gasteiger charge is 2.12. The van der Waals surface area contributed by atoms with Crippen molar-refractivity contribution in [3.05, 3.63) is 58.1 Å². The number of nitrogens with zero attached hydrogens (tertiary/aromatic N) is 3. The maximum atomic E-state index is 12.0. The minimum absolute atomic E-state index is 0.174. The van der Waals surface area contributed by atoms with Crippen molar-refractivity contribution in [2.24, 2.45) is 0 Å². The van der Waals surface area contributed by atoms with E-state index in [1.165, 1.54) is 35.6 Å². The number of anilines is 1. The SMILES string of the molecule is N#Cc1ccc(C(=O)NCc2csc(NC(=O)c3ccc(C#N)[nH]3)n2)[nH]1. The number of nitriles is 2. The fourth-order valence-corrected chi connectivity index (χ4v) is 2.77. The van der Waals surface area contributed by atoms with Crippen LogP contribution in [0.1, 0.15) is 38.1 Å². The number of amides is 2. The summed E-state index contributed by atoms with van der Waals surface area (Å²) in [4.78, 5) is 33.6. The first-order valence-electron chi connectivity index (χ1n) is 7.31. The first kappa shape index (κ1) is 17.0. The fraction of sp³-hybridized carbons (Fsp3) is 0.0625. The molecule has 0 aromatic carbocycles. The van der Waals surface area contributed by atoms with Crippen molar-refractivity contribution in [2.45, 2.75) is 6.54 Å². The Labute approximate surface area is 151 Å². The zero-order chi connectivity index (χ0) is 18.5. The van der Waals surface area contributed by atoms with Gasteiger partial charge in [0.1, 0.15) is 34.9 Å². The molecule has 3 rings (SSSR count). The van der Waals surface area contributed by atoms with Crippen LogP contribution in [-0.4, -0.2) is 26.8 Å². The lowest BCUT2D eigenvalue weighted by Crippen LogP contribution is -2.23. The molecule has 3 heterocycles. The molecule has 0 saturated carbocycles. The van der Waals surface area contributed by atoms with Crippen LogP contribution < -0.4 is 10.6 Å². The minimum Gasteiger partial charge on any atom is -0.345 e. The molecule has 128 valence electrons. The van der Waals surface area contributed by atoms with Gasteiger partial charge in [-0.15, -0.1) is 11.3 Å². The molecule has 0 atom stereocenters. The average Bonchev–Trinajstić information content (AvgIpc) is 3.39. The monoisotopic (exact) mass is 365 g/mol. The number of thiazole rings is 1. The number of hydrogen-bond acceptors (Lipinski definition) is 6. The summed E-state index contributed by atoms with van der Waals surface area (Å²) in [6.07, 6.45) is 0. The molecule has 0 radical (unpaired) electrons. The van der Waals surface area contributed by atoms with Gasteiger partial charge in [0.15, 0.2) is 5.13 Å². The van der Waals surface area contributed by atoms with Crippen LogP contribution in [0.5, 0.6) is 0 Å². The summed E-state index contributed by atoms with van der Waals surface area (Å²) in [6, 6.07) is 9.87. The van der Waals surface area contributed by atoms with Crippen LogP contribution in [0.4, 0.5) is 5.13 Å². The van der Waals surface area contributed by atoms with Gasteiger partial charge in [0.2, 0.25) is 0 Å². The van der Waals surface area contributed by atoms with E-state index in [0.717, 1.165) is 0 Å². The number of nitrogens with one attached hydrogen (secondary N) is 4. The third kappa shape index (κ3) is 3.77. The molecule has 0 spiro atoms. The van der Waals surface area contributed by atoms with Crippen molar-refractivity contribution in [1.29, 1.82) is 10.5 Å². The number of carbonyl (C=O) groups excluding carboxylic acids is 2. The van der Waals surface area contributed by atoms with Gasteiger partial charge in [0.25, 0.3) is 11.8 Å². The Bertz CT molecular complexity index is 1050. The van der Waals surface area contributed by atoms with E-state index in [4.69, 9.17) is 10.5 Å². The van der Waals surface area contributed by atoms with E-state index in [9.17, 15) is 9.59 Å². The van der Waals surface area contributed by atoms with Gasteiger partial charge in [-0.05, 0) is 24.3 Å². The van der Waals surface area contributed by atoms with Gasteiger partial charge in [0.05, 0.1) is 12.2 Å². The van der Waals surface area contributed by atoms with E-state index in [2.05, 4.69) is 25.6 Å². The van der Waals surface area contributed by atoms with Crippen LogP contribution in [-0.2, 0) is 6.54 Å². The Balaban J connectivity index is 1.56. The molecule has 0 fully saturated rings. The number of hydrogen-bond donors (Lipinski definition) is 4. The summed E-state index contributed by atoms with van der Waals surface area (Å²) in [6.45, 7) is 0.174. The summed E-state index contributed by atoms with van der Waals surface area (Å²) < 4.78 is 0. The summed E-state index contributed by atoms with van der Waals surface area (Å²) in [5.41, 5.74) is 1.71. The lowest BCUT2D eigenvalue weighted by molar-refractivity contribution is 0.0945. The predicted octanol–water partition coefficient (Wildman–Crippen LogP) is 1.72. The van der Waals surface area contributed by atoms with Gasteiger partial charge in [-0.25, -0.2) is 4.98 Å². The smallest absolute Gasteiger partial charge is 0.273 e. The number of carbonyl (C=O) groups is 2. The van der Waals surface area contributed by atoms with E-state index >= 15 is 0 Å². The first-order chi connectivity index (χ1) is 12.6. The molecule has 10 heteroatoms. The van der Waals surface area contributed by atoms with Gasteiger partial charge >= 0.3 is 0 Å². The highest BCUT2D eigenvalue weighted by molar-refractivity contribution is 7.13. The molecule has 3 aromatic heterocycles. The van der Waals surface area contributed by atoms with Crippen LogP contribution in [0.15, 0.2) is 29.6 Å². The van der Waals surface area contributed by atoms with E-state index in [0.29, 0.717) is 22.2 Å². The molecule has 0 saturated heterocycles. The molecular formula is C16H11N7O2S. The third-order valence-electron chi connectivity index (χ3n) is 3.30. The Morgan fingerprint density at radius 1 is 1.04 bits per heavy atom. The standard InChI is InChI=1S/C16H11N7O2S/c17-5-9-1-3-12(20-9)14(24)19-7-11-8-26-16(22-11)23-15(25)13-4-2-10(6-18)21-13/h1-4,8,20-21H,7H2,(H,19,24)(H,22,23,25). The maximum Gasteiger partial charge on any atom is 0.273 e. The molecular weight excluding hydrogens is 354 g/mol. The maximum absolute atomic E-state index is 12.0. The summed E-state index contributed by atoms with van der Waals surface area (Å²) >= 11 is 1.22. The molecule has 0 unspecified atom stereocenters. The largest absolute Gasteiger partial charge is 0.345 e. The minimum atomic E-state index is -0.410. The van der Waals surface area contributed by atoms with Crippen LogP contribution in [0.25, 0.3) is 0 Å². The van der Waals surface area contributed by atoms with Gasteiger partial charge in [-0.2, -0.15) is 10.5 Å². The fourth-order valence-electron chi connectivity index (χ4n) is 2.06.